The highest BCUT2D eigenvalue weighted by atomic mass is 16.2. The molecule has 21 heavy (non-hydrogen) atoms. The molecule has 2 N–H and O–H groups in total. The molecule has 0 aliphatic carbocycles. The summed E-state index contributed by atoms with van der Waals surface area (Å²) in [5, 5.41) is 0. The van der Waals surface area contributed by atoms with Crippen molar-refractivity contribution in [3.05, 3.63) is 35.9 Å². The predicted octanol–water partition coefficient (Wildman–Crippen LogP) is 1.60. The number of hydrogen-bond acceptors (Lipinski definition) is 3. The smallest absolute Gasteiger partial charge is 0.239 e. The molecule has 1 aromatic rings. The molecule has 0 unspecified atom stereocenters. The lowest BCUT2D eigenvalue weighted by atomic mass is 10.0. The molecule has 0 spiro atoms. The summed E-state index contributed by atoms with van der Waals surface area (Å²) in [6, 6.07) is 9.49. The number of carbonyl (C=O) groups excluding carboxylic acids is 1. The van der Waals surface area contributed by atoms with Crippen LogP contribution >= 0.6 is 0 Å². The molecule has 0 radical (unpaired) electrons. The molecular formula is C17H29N3O. The highest BCUT2D eigenvalue weighted by Gasteiger charge is 2.21. The van der Waals surface area contributed by atoms with Gasteiger partial charge in [-0.05, 0) is 32.0 Å². The number of benzene rings is 1. The largest absolute Gasteiger partial charge is 0.340 e. The van der Waals surface area contributed by atoms with Crippen LogP contribution in [0.3, 0.4) is 0 Å². The fourth-order valence-corrected chi connectivity index (χ4v) is 2.24. The molecule has 0 aliphatic heterocycles. The van der Waals surface area contributed by atoms with Crippen molar-refractivity contribution in [1.29, 1.82) is 0 Å². The molecule has 0 saturated heterocycles. The van der Waals surface area contributed by atoms with E-state index < -0.39 is 6.04 Å². The van der Waals surface area contributed by atoms with Gasteiger partial charge in [0.05, 0.1) is 6.04 Å². The fourth-order valence-electron chi connectivity index (χ4n) is 2.24. The second kappa shape index (κ2) is 8.80. The maximum Gasteiger partial charge on any atom is 0.239 e. The van der Waals surface area contributed by atoms with Gasteiger partial charge in [0.25, 0.3) is 0 Å². The second-order valence-electron chi connectivity index (χ2n) is 6.28. The van der Waals surface area contributed by atoms with Crippen LogP contribution in [0.2, 0.25) is 0 Å². The zero-order valence-corrected chi connectivity index (χ0v) is 13.7. The summed E-state index contributed by atoms with van der Waals surface area (Å²) in [6.45, 7) is 6.59. The van der Waals surface area contributed by atoms with E-state index in [1.54, 1.807) is 0 Å². The highest BCUT2D eigenvalue weighted by Crippen LogP contribution is 2.07. The van der Waals surface area contributed by atoms with E-state index in [0.717, 1.165) is 25.2 Å². The van der Waals surface area contributed by atoms with Crippen LogP contribution < -0.4 is 5.73 Å². The molecule has 0 bridgehead atoms. The first-order valence-electron chi connectivity index (χ1n) is 7.63. The van der Waals surface area contributed by atoms with E-state index in [-0.39, 0.29) is 5.91 Å². The summed E-state index contributed by atoms with van der Waals surface area (Å²) in [4.78, 5) is 16.6. The molecule has 0 aromatic heterocycles. The minimum absolute atomic E-state index is 0.0504. The minimum atomic E-state index is -0.465. The van der Waals surface area contributed by atoms with Gasteiger partial charge in [0, 0.05) is 19.6 Å². The van der Waals surface area contributed by atoms with E-state index in [9.17, 15) is 4.79 Å². The summed E-state index contributed by atoms with van der Waals surface area (Å²) in [5.74, 6) is 0.495. The van der Waals surface area contributed by atoms with Crippen LogP contribution in [0.25, 0.3) is 0 Å². The first-order chi connectivity index (χ1) is 9.90. The number of carbonyl (C=O) groups is 1. The Kier molecular flexibility index (Phi) is 7.40. The maximum atomic E-state index is 12.6. The summed E-state index contributed by atoms with van der Waals surface area (Å²) in [6.07, 6.45) is 0.593. The van der Waals surface area contributed by atoms with Crippen molar-refractivity contribution in [3.8, 4) is 0 Å². The average molecular weight is 291 g/mol. The van der Waals surface area contributed by atoms with Crippen molar-refractivity contribution in [2.24, 2.45) is 11.7 Å². The Balaban J connectivity index is 2.64. The van der Waals surface area contributed by atoms with E-state index in [2.05, 4.69) is 18.7 Å². The SMILES string of the molecule is CC(C)CN(CCN(C)C)C(=O)[C@H](N)Cc1ccccc1. The predicted molar refractivity (Wildman–Crippen MR) is 88.1 cm³/mol. The van der Waals surface area contributed by atoms with Crippen molar-refractivity contribution in [1.82, 2.24) is 9.80 Å². The molecule has 0 aliphatic rings. The topological polar surface area (TPSA) is 49.6 Å². The van der Waals surface area contributed by atoms with Gasteiger partial charge in [-0.2, -0.15) is 0 Å². The van der Waals surface area contributed by atoms with Gasteiger partial charge in [0.15, 0.2) is 0 Å². The Morgan fingerprint density at radius 1 is 1.14 bits per heavy atom. The molecule has 0 heterocycles. The standard InChI is InChI=1S/C17H29N3O/c1-14(2)13-20(11-10-19(3)4)17(21)16(18)12-15-8-6-5-7-9-15/h5-9,14,16H,10-13,18H2,1-4H3/t16-/m1/s1. The monoisotopic (exact) mass is 291 g/mol. The summed E-state index contributed by atoms with van der Waals surface area (Å²) in [5.41, 5.74) is 7.23. The molecular weight excluding hydrogens is 262 g/mol. The lowest BCUT2D eigenvalue weighted by Gasteiger charge is -2.28. The molecule has 1 atom stereocenters. The number of amides is 1. The zero-order chi connectivity index (χ0) is 15.8. The third-order valence-corrected chi connectivity index (χ3v) is 3.33. The van der Waals surface area contributed by atoms with E-state index in [1.807, 2.05) is 49.3 Å². The Hall–Kier alpha value is -1.39. The molecule has 1 rings (SSSR count). The van der Waals surface area contributed by atoms with Gasteiger partial charge in [-0.3, -0.25) is 4.79 Å². The quantitative estimate of drug-likeness (QED) is 0.791. The van der Waals surface area contributed by atoms with Crippen molar-refractivity contribution < 1.29 is 4.79 Å². The van der Waals surface area contributed by atoms with E-state index in [4.69, 9.17) is 5.73 Å². The molecule has 1 amide bonds. The van der Waals surface area contributed by atoms with Crippen LogP contribution in [0.4, 0.5) is 0 Å². The minimum Gasteiger partial charge on any atom is -0.340 e. The third kappa shape index (κ3) is 6.74. The molecule has 4 heteroatoms. The van der Waals surface area contributed by atoms with Gasteiger partial charge in [-0.25, -0.2) is 0 Å². The normalized spacial score (nSPS) is 12.7. The fraction of sp³-hybridized carbons (Fsp3) is 0.588. The molecule has 0 saturated carbocycles. The zero-order valence-electron chi connectivity index (χ0n) is 13.7. The second-order valence-corrected chi connectivity index (χ2v) is 6.28. The Bertz CT molecular complexity index is 417. The van der Waals surface area contributed by atoms with Gasteiger partial charge in [-0.15, -0.1) is 0 Å². The van der Waals surface area contributed by atoms with Gasteiger partial charge in [-0.1, -0.05) is 44.2 Å². The van der Waals surface area contributed by atoms with Gasteiger partial charge in [0.1, 0.15) is 0 Å². The Morgan fingerprint density at radius 2 is 1.76 bits per heavy atom. The van der Waals surface area contributed by atoms with E-state index >= 15 is 0 Å². The number of nitrogens with zero attached hydrogens (tertiary/aromatic N) is 2. The summed E-state index contributed by atoms with van der Waals surface area (Å²) in [7, 11) is 4.03. The Labute approximate surface area is 128 Å². The number of likely N-dealkylation sites (N-methyl/N-ethyl adjacent to an activating group) is 1. The molecule has 4 nitrogen and oxygen atoms in total. The van der Waals surface area contributed by atoms with Crippen LogP contribution in [-0.2, 0) is 11.2 Å². The number of rotatable bonds is 8. The maximum absolute atomic E-state index is 12.6. The average Bonchev–Trinajstić information content (AvgIpc) is 2.43. The van der Waals surface area contributed by atoms with Crippen molar-refractivity contribution in [3.63, 3.8) is 0 Å². The van der Waals surface area contributed by atoms with Crippen molar-refractivity contribution in [2.75, 3.05) is 33.7 Å². The summed E-state index contributed by atoms with van der Waals surface area (Å²) >= 11 is 0. The number of hydrogen-bond donors (Lipinski definition) is 1. The van der Waals surface area contributed by atoms with Crippen LogP contribution in [-0.4, -0.2) is 55.5 Å². The lowest BCUT2D eigenvalue weighted by Crippen LogP contribution is -2.48. The molecule has 118 valence electrons. The molecule has 0 fully saturated rings. The van der Waals surface area contributed by atoms with Crippen LogP contribution in [0.15, 0.2) is 30.3 Å². The molecule has 1 aromatic carbocycles. The first kappa shape index (κ1) is 17.7. The number of nitrogens with two attached hydrogens (primary N) is 1. The Morgan fingerprint density at radius 3 is 2.29 bits per heavy atom. The van der Waals surface area contributed by atoms with Gasteiger partial charge < -0.3 is 15.5 Å². The van der Waals surface area contributed by atoms with E-state index in [0.29, 0.717) is 12.3 Å². The van der Waals surface area contributed by atoms with Crippen LogP contribution in [0.1, 0.15) is 19.4 Å². The van der Waals surface area contributed by atoms with Gasteiger partial charge >= 0.3 is 0 Å². The first-order valence-corrected chi connectivity index (χ1v) is 7.63. The van der Waals surface area contributed by atoms with Crippen molar-refractivity contribution in [2.45, 2.75) is 26.3 Å². The van der Waals surface area contributed by atoms with Crippen LogP contribution in [0, 0.1) is 5.92 Å². The van der Waals surface area contributed by atoms with E-state index in [1.165, 1.54) is 0 Å². The van der Waals surface area contributed by atoms with Gasteiger partial charge in [0.2, 0.25) is 5.91 Å². The van der Waals surface area contributed by atoms with Crippen molar-refractivity contribution >= 4 is 5.91 Å². The van der Waals surface area contributed by atoms with Crippen LogP contribution in [0.5, 0.6) is 0 Å². The third-order valence-electron chi connectivity index (χ3n) is 3.33. The lowest BCUT2D eigenvalue weighted by molar-refractivity contribution is -0.133. The summed E-state index contributed by atoms with van der Waals surface area (Å²) < 4.78 is 0. The highest BCUT2D eigenvalue weighted by molar-refractivity contribution is 5.82.